The van der Waals surface area contributed by atoms with Crippen molar-refractivity contribution < 1.29 is 9.59 Å². The van der Waals surface area contributed by atoms with E-state index in [2.05, 4.69) is 45.4 Å². The smallest absolute Gasteiger partial charge is 0.296 e. The number of anilines is 2. The largest absolute Gasteiger partial charge is 0.382 e. The summed E-state index contributed by atoms with van der Waals surface area (Å²) in [5.41, 5.74) is 11.2. The monoisotopic (exact) mass is 519 g/mol. The highest BCUT2D eigenvalue weighted by Gasteiger charge is 2.23. The second-order valence-electron chi connectivity index (χ2n) is 9.30. The molecule has 1 aliphatic rings. The van der Waals surface area contributed by atoms with Gasteiger partial charge in [-0.2, -0.15) is 0 Å². The van der Waals surface area contributed by atoms with Crippen molar-refractivity contribution in [2.45, 2.75) is 45.6 Å². The van der Waals surface area contributed by atoms with Crippen molar-refractivity contribution in [1.29, 1.82) is 0 Å². The molecule has 1 aromatic carbocycles. The van der Waals surface area contributed by atoms with Gasteiger partial charge in [0.15, 0.2) is 0 Å². The van der Waals surface area contributed by atoms with Crippen molar-refractivity contribution in [2.24, 2.45) is 0 Å². The minimum Gasteiger partial charge on any atom is -0.382 e. The Labute approximate surface area is 226 Å². The number of fused-ring (bicyclic) bond motifs is 1. The summed E-state index contributed by atoms with van der Waals surface area (Å²) in [5.74, 6) is 6.34. The highest BCUT2D eigenvalue weighted by Crippen LogP contribution is 2.33. The fraction of sp³-hybridized carbons (Fsp3) is 0.233. The summed E-state index contributed by atoms with van der Waals surface area (Å²) >= 11 is 0. The van der Waals surface area contributed by atoms with Crippen LogP contribution in [0.25, 0.3) is 22.3 Å². The standard InChI is InChI=1S/C30H29N7O2/c1-3-5-25(38)34-23-12-10-21(11-13-23)29-36-26(27-28(31)33-16-17-37(27)29)20-6-8-22(9-7-20)30(39)35-24-18-19(4-2)14-15-32-24/h6-10,14-18,23H,4,11-13H2,1-2H3,(H2,31,33)(H,34,38)(H,32,35,39). The number of nitrogens with one attached hydrogen (secondary N) is 2. The van der Waals surface area contributed by atoms with Crippen molar-refractivity contribution in [3.05, 3.63) is 78.0 Å². The van der Waals surface area contributed by atoms with E-state index in [1.165, 1.54) is 0 Å². The van der Waals surface area contributed by atoms with Gasteiger partial charge in [-0.25, -0.2) is 15.0 Å². The maximum Gasteiger partial charge on any atom is 0.296 e. The number of carbonyl (C=O) groups excluding carboxylic acids is 2. The molecule has 1 unspecified atom stereocenters. The van der Waals surface area contributed by atoms with Gasteiger partial charge in [0, 0.05) is 35.8 Å². The molecule has 1 atom stereocenters. The SMILES string of the molecule is CC#CC(=O)NC1CC=C(c2nc(-c3ccc(C(=O)Nc4cc(CC)ccn4)cc3)c3c(N)nccn23)CC1. The molecule has 5 rings (SSSR count). The third-order valence-electron chi connectivity index (χ3n) is 6.75. The summed E-state index contributed by atoms with van der Waals surface area (Å²) in [4.78, 5) is 38.2. The highest BCUT2D eigenvalue weighted by molar-refractivity contribution is 6.04. The quantitative estimate of drug-likeness (QED) is 0.327. The molecule has 9 heteroatoms. The minimum atomic E-state index is -0.255. The van der Waals surface area contributed by atoms with Gasteiger partial charge in [-0.1, -0.05) is 31.1 Å². The average molecular weight is 520 g/mol. The highest BCUT2D eigenvalue weighted by atomic mass is 16.2. The molecule has 1 aliphatic carbocycles. The van der Waals surface area contributed by atoms with E-state index in [4.69, 9.17) is 10.7 Å². The van der Waals surface area contributed by atoms with Crippen molar-refractivity contribution in [1.82, 2.24) is 24.7 Å². The van der Waals surface area contributed by atoms with Crippen LogP contribution in [0.5, 0.6) is 0 Å². The molecule has 3 heterocycles. The summed E-state index contributed by atoms with van der Waals surface area (Å²) < 4.78 is 1.96. The van der Waals surface area contributed by atoms with Crippen LogP contribution < -0.4 is 16.4 Å². The summed E-state index contributed by atoms with van der Waals surface area (Å²) in [6.07, 6.45) is 10.4. The summed E-state index contributed by atoms with van der Waals surface area (Å²) in [6.45, 7) is 3.70. The van der Waals surface area contributed by atoms with Crippen LogP contribution in [-0.2, 0) is 11.2 Å². The van der Waals surface area contributed by atoms with Crippen LogP contribution >= 0.6 is 0 Å². The first-order valence-electron chi connectivity index (χ1n) is 12.9. The van der Waals surface area contributed by atoms with Gasteiger partial charge >= 0.3 is 0 Å². The number of carbonyl (C=O) groups is 2. The number of aromatic nitrogens is 4. The summed E-state index contributed by atoms with van der Waals surface area (Å²) in [7, 11) is 0. The third kappa shape index (κ3) is 5.50. The van der Waals surface area contributed by atoms with E-state index < -0.39 is 0 Å². The molecule has 4 N–H and O–H groups in total. The fourth-order valence-electron chi connectivity index (χ4n) is 4.73. The van der Waals surface area contributed by atoms with Gasteiger partial charge in [0.1, 0.15) is 28.7 Å². The molecule has 0 saturated carbocycles. The lowest BCUT2D eigenvalue weighted by Gasteiger charge is -2.21. The second-order valence-corrected chi connectivity index (χ2v) is 9.30. The Balaban J connectivity index is 1.41. The molecule has 0 radical (unpaired) electrons. The van der Waals surface area contributed by atoms with Crippen molar-refractivity contribution in [3.63, 3.8) is 0 Å². The van der Waals surface area contributed by atoms with Crippen LogP contribution in [0.3, 0.4) is 0 Å². The van der Waals surface area contributed by atoms with Gasteiger partial charge in [-0.3, -0.25) is 14.0 Å². The van der Waals surface area contributed by atoms with Gasteiger partial charge in [0.05, 0.1) is 0 Å². The second kappa shape index (κ2) is 11.2. The van der Waals surface area contributed by atoms with Gasteiger partial charge < -0.3 is 16.4 Å². The average Bonchev–Trinajstić information content (AvgIpc) is 3.35. The van der Waals surface area contributed by atoms with Crippen molar-refractivity contribution in [2.75, 3.05) is 11.1 Å². The number of imidazole rings is 1. The topological polar surface area (TPSA) is 127 Å². The number of allylic oxidation sites excluding steroid dienone is 1. The summed E-state index contributed by atoms with van der Waals surface area (Å²) in [6, 6.07) is 11.1. The van der Waals surface area contributed by atoms with E-state index in [9.17, 15) is 9.59 Å². The van der Waals surface area contributed by atoms with Crippen LogP contribution in [0.15, 0.2) is 61.1 Å². The lowest BCUT2D eigenvalue weighted by molar-refractivity contribution is -0.116. The molecule has 4 aromatic rings. The van der Waals surface area contributed by atoms with Crippen LogP contribution in [0, 0.1) is 11.8 Å². The lowest BCUT2D eigenvalue weighted by Crippen LogP contribution is -2.34. The third-order valence-corrected chi connectivity index (χ3v) is 6.75. The number of amides is 2. The number of hydrogen-bond acceptors (Lipinski definition) is 6. The first kappa shape index (κ1) is 25.7. The maximum absolute atomic E-state index is 12.8. The predicted octanol–water partition coefficient (Wildman–Crippen LogP) is 4.26. The zero-order valence-corrected chi connectivity index (χ0v) is 21.9. The lowest BCUT2D eigenvalue weighted by atomic mass is 9.94. The Morgan fingerprint density at radius 2 is 1.97 bits per heavy atom. The molecule has 3 aromatic heterocycles. The van der Waals surface area contributed by atoms with E-state index in [1.807, 2.05) is 34.9 Å². The minimum absolute atomic E-state index is 0.0397. The number of benzene rings is 1. The van der Waals surface area contributed by atoms with E-state index >= 15 is 0 Å². The molecule has 0 fully saturated rings. The first-order chi connectivity index (χ1) is 19.0. The zero-order valence-electron chi connectivity index (χ0n) is 21.9. The van der Waals surface area contributed by atoms with E-state index in [0.717, 1.165) is 41.8 Å². The van der Waals surface area contributed by atoms with E-state index in [-0.39, 0.29) is 17.9 Å². The Kier molecular flexibility index (Phi) is 7.37. The van der Waals surface area contributed by atoms with Gasteiger partial charge in [-0.15, -0.1) is 0 Å². The molecule has 0 aliphatic heterocycles. The number of rotatable bonds is 6. The number of nitrogens with two attached hydrogens (primary N) is 1. The Bertz CT molecular complexity index is 1640. The van der Waals surface area contributed by atoms with Gasteiger partial charge in [-0.05, 0) is 73.9 Å². The number of aryl methyl sites for hydroxylation is 1. The molecule has 0 saturated heterocycles. The van der Waals surface area contributed by atoms with E-state index in [0.29, 0.717) is 34.8 Å². The maximum atomic E-state index is 12.8. The van der Waals surface area contributed by atoms with Crippen LogP contribution in [-0.4, -0.2) is 37.2 Å². The Morgan fingerprint density at radius 3 is 2.69 bits per heavy atom. The summed E-state index contributed by atoms with van der Waals surface area (Å²) in [5, 5.41) is 5.81. The van der Waals surface area contributed by atoms with E-state index in [1.54, 1.807) is 31.5 Å². The van der Waals surface area contributed by atoms with Crippen LogP contribution in [0.4, 0.5) is 11.6 Å². The van der Waals surface area contributed by atoms with Gasteiger partial charge in [0.2, 0.25) is 0 Å². The zero-order chi connectivity index (χ0) is 27.4. The molecule has 0 bridgehead atoms. The van der Waals surface area contributed by atoms with Crippen molar-refractivity contribution >= 4 is 34.5 Å². The molecular weight excluding hydrogens is 490 g/mol. The molecular formula is C30H29N7O2. The number of nitrogen functional groups attached to an aromatic ring is 1. The molecule has 9 nitrogen and oxygen atoms in total. The van der Waals surface area contributed by atoms with Crippen LogP contribution in [0.1, 0.15) is 54.9 Å². The number of nitrogens with zero attached hydrogens (tertiary/aromatic N) is 4. The van der Waals surface area contributed by atoms with Crippen molar-refractivity contribution in [3.8, 4) is 23.1 Å². The number of pyridine rings is 1. The predicted molar refractivity (Wildman–Crippen MR) is 152 cm³/mol. The Hall–Kier alpha value is -4.97. The number of hydrogen-bond donors (Lipinski definition) is 3. The molecule has 196 valence electrons. The van der Waals surface area contributed by atoms with Crippen LogP contribution in [0.2, 0.25) is 0 Å². The fourth-order valence-corrected chi connectivity index (χ4v) is 4.73. The Morgan fingerprint density at radius 1 is 1.15 bits per heavy atom. The molecule has 39 heavy (non-hydrogen) atoms. The molecule has 0 spiro atoms. The normalized spacial score (nSPS) is 14.7. The molecule has 2 amide bonds. The van der Waals surface area contributed by atoms with Gasteiger partial charge in [0.25, 0.3) is 11.8 Å². The first-order valence-corrected chi connectivity index (χ1v) is 12.9.